The minimum absolute atomic E-state index is 0.0913. The molecule has 128 valence electrons. The maximum atomic E-state index is 12.0. The summed E-state index contributed by atoms with van der Waals surface area (Å²) in [6, 6.07) is 6.43. The number of carbonyl (C=O) groups is 1. The van der Waals surface area contributed by atoms with Crippen LogP contribution in [0.2, 0.25) is 0 Å². The first kappa shape index (κ1) is 17.6. The zero-order chi connectivity index (χ0) is 17.3. The Morgan fingerprint density at radius 3 is 2.04 bits per heavy atom. The molecule has 0 spiro atoms. The summed E-state index contributed by atoms with van der Waals surface area (Å²) >= 11 is 0. The van der Waals surface area contributed by atoms with Crippen molar-refractivity contribution in [1.29, 1.82) is 0 Å². The third-order valence-corrected chi connectivity index (χ3v) is 4.39. The van der Waals surface area contributed by atoms with E-state index in [1.165, 1.54) is 12.1 Å². The molecule has 0 saturated carbocycles. The molecular weight excluding hydrogens is 318 g/mol. The van der Waals surface area contributed by atoms with Crippen LogP contribution in [0.15, 0.2) is 29.2 Å². The predicted octanol–water partition coefficient (Wildman–Crippen LogP) is 1.39. The normalized spacial score (nSPS) is 16.3. The van der Waals surface area contributed by atoms with Crippen LogP contribution in [0, 0.1) is 0 Å². The summed E-state index contributed by atoms with van der Waals surface area (Å²) in [6.45, 7) is 7.97. The number of rotatable bonds is 2. The number of nitrogens with zero attached hydrogens (tertiary/aromatic N) is 2. The molecule has 8 heteroatoms. The van der Waals surface area contributed by atoms with Crippen molar-refractivity contribution in [3.05, 3.63) is 24.3 Å². The molecule has 0 bridgehead atoms. The van der Waals surface area contributed by atoms with Crippen LogP contribution >= 0.6 is 0 Å². The topological polar surface area (TPSA) is 92.9 Å². The van der Waals surface area contributed by atoms with Crippen molar-refractivity contribution in [3.63, 3.8) is 0 Å². The highest BCUT2D eigenvalue weighted by molar-refractivity contribution is 7.89. The molecule has 23 heavy (non-hydrogen) atoms. The van der Waals surface area contributed by atoms with Gasteiger partial charge in [-0.25, -0.2) is 18.4 Å². The highest BCUT2D eigenvalue weighted by Crippen LogP contribution is 2.20. The maximum Gasteiger partial charge on any atom is 0.410 e. The Kier molecular flexibility index (Phi) is 4.86. The van der Waals surface area contributed by atoms with E-state index >= 15 is 0 Å². The number of sulfonamides is 1. The molecule has 1 aliphatic rings. The van der Waals surface area contributed by atoms with Crippen molar-refractivity contribution in [2.24, 2.45) is 5.14 Å². The molecule has 0 aliphatic carbocycles. The van der Waals surface area contributed by atoms with Crippen LogP contribution in [0.25, 0.3) is 0 Å². The number of nitrogens with two attached hydrogens (primary N) is 1. The molecule has 1 aromatic carbocycles. The number of hydrogen-bond donors (Lipinski definition) is 1. The average molecular weight is 341 g/mol. The third kappa shape index (κ3) is 4.84. The van der Waals surface area contributed by atoms with Gasteiger partial charge in [0, 0.05) is 31.9 Å². The molecule has 0 atom stereocenters. The van der Waals surface area contributed by atoms with Crippen LogP contribution in [0.5, 0.6) is 0 Å². The maximum absolute atomic E-state index is 12.0. The molecule has 1 aromatic rings. The Hall–Kier alpha value is -1.80. The van der Waals surface area contributed by atoms with E-state index < -0.39 is 15.6 Å². The van der Waals surface area contributed by atoms with E-state index in [1.807, 2.05) is 20.8 Å². The van der Waals surface area contributed by atoms with Gasteiger partial charge in [-0.05, 0) is 45.0 Å². The fraction of sp³-hybridized carbons (Fsp3) is 0.533. The predicted molar refractivity (Wildman–Crippen MR) is 87.8 cm³/mol. The summed E-state index contributed by atoms with van der Waals surface area (Å²) in [7, 11) is -3.68. The van der Waals surface area contributed by atoms with Crippen LogP contribution in [-0.2, 0) is 14.8 Å². The number of piperazine rings is 1. The molecule has 1 aliphatic heterocycles. The van der Waals surface area contributed by atoms with Gasteiger partial charge in [0.25, 0.3) is 0 Å². The van der Waals surface area contributed by atoms with Gasteiger partial charge in [-0.1, -0.05) is 0 Å². The van der Waals surface area contributed by atoms with Crippen LogP contribution < -0.4 is 10.0 Å². The molecule has 0 unspecified atom stereocenters. The van der Waals surface area contributed by atoms with Crippen molar-refractivity contribution < 1.29 is 17.9 Å². The monoisotopic (exact) mass is 341 g/mol. The number of primary sulfonamides is 1. The lowest BCUT2D eigenvalue weighted by Crippen LogP contribution is -2.50. The Morgan fingerprint density at radius 2 is 1.61 bits per heavy atom. The van der Waals surface area contributed by atoms with Crippen molar-refractivity contribution in [2.75, 3.05) is 31.1 Å². The van der Waals surface area contributed by atoms with Gasteiger partial charge in [-0.3, -0.25) is 0 Å². The number of amides is 1. The average Bonchev–Trinajstić information content (AvgIpc) is 2.45. The minimum Gasteiger partial charge on any atom is -0.444 e. The standard InChI is InChI=1S/C15H23N3O4S/c1-15(2,3)22-14(19)18-10-8-17(9-11-18)12-4-6-13(7-5-12)23(16,20)21/h4-7H,8-11H2,1-3H3,(H2,16,20,21). The largest absolute Gasteiger partial charge is 0.444 e. The smallest absolute Gasteiger partial charge is 0.410 e. The minimum atomic E-state index is -3.68. The first-order valence-electron chi connectivity index (χ1n) is 7.42. The van der Waals surface area contributed by atoms with E-state index in [9.17, 15) is 13.2 Å². The molecule has 2 rings (SSSR count). The summed E-state index contributed by atoms with van der Waals surface area (Å²) in [6.07, 6.45) is -0.304. The van der Waals surface area contributed by atoms with Gasteiger partial charge in [0.05, 0.1) is 4.90 Å². The van der Waals surface area contributed by atoms with E-state index in [1.54, 1.807) is 17.0 Å². The number of ether oxygens (including phenoxy) is 1. The molecule has 1 heterocycles. The Bertz CT molecular complexity index is 657. The lowest BCUT2D eigenvalue weighted by molar-refractivity contribution is 0.0240. The van der Waals surface area contributed by atoms with Crippen LogP contribution in [0.4, 0.5) is 10.5 Å². The zero-order valence-electron chi connectivity index (χ0n) is 13.7. The van der Waals surface area contributed by atoms with Crippen LogP contribution in [-0.4, -0.2) is 51.2 Å². The lowest BCUT2D eigenvalue weighted by Gasteiger charge is -2.36. The van der Waals surface area contributed by atoms with Crippen LogP contribution in [0.1, 0.15) is 20.8 Å². The first-order chi connectivity index (χ1) is 10.6. The molecule has 1 saturated heterocycles. The molecule has 1 amide bonds. The third-order valence-electron chi connectivity index (χ3n) is 3.46. The fourth-order valence-corrected chi connectivity index (χ4v) is 2.84. The summed E-state index contributed by atoms with van der Waals surface area (Å²) in [5.41, 5.74) is 0.402. The SMILES string of the molecule is CC(C)(C)OC(=O)N1CCN(c2ccc(S(N)(=O)=O)cc2)CC1. The van der Waals surface area contributed by atoms with E-state index in [-0.39, 0.29) is 11.0 Å². The molecule has 2 N–H and O–H groups in total. The second-order valence-electron chi connectivity index (χ2n) is 6.49. The van der Waals surface area contributed by atoms with Gasteiger partial charge in [0.1, 0.15) is 5.60 Å². The van der Waals surface area contributed by atoms with Gasteiger partial charge in [-0.15, -0.1) is 0 Å². The van der Waals surface area contributed by atoms with Gasteiger partial charge < -0.3 is 14.5 Å². The Labute approximate surface area is 137 Å². The molecule has 1 fully saturated rings. The summed E-state index contributed by atoms with van der Waals surface area (Å²) in [5.74, 6) is 0. The second kappa shape index (κ2) is 6.37. The second-order valence-corrected chi connectivity index (χ2v) is 8.05. The Morgan fingerprint density at radius 1 is 1.09 bits per heavy atom. The van der Waals surface area contributed by atoms with Gasteiger partial charge in [0.15, 0.2) is 0 Å². The van der Waals surface area contributed by atoms with Crippen molar-refractivity contribution >= 4 is 21.8 Å². The number of anilines is 1. The fourth-order valence-electron chi connectivity index (χ4n) is 2.32. The van der Waals surface area contributed by atoms with Crippen molar-refractivity contribution in [2.45, 2.75) is 31.3 Å². The summed E-state index contributed by atoms with van der Waals surface area (Å²) < 4.78 is 27.9. The Balaban J connectivity index is 1.95. The van der Waals surface area contributed by atoms with Gasteiger partial charge in [-0.2, -0.15) is 0 Å². The van der Waals surface area contributed by atoms with Gasteiger partial charge in [0.2, 0.25) is 10.0 Å². The molecular formula is C15H23N3O4S. The first-order valence-corrected chi connectivity index (χ1v) is 8.97. The molecule has 7 nitrogen and oxygen atoms in total. The van der Waals surface area contributed by atoms with E-state index in [4.69, 9.17) is 9.88 Å². The van der Waals surface area contributed by atoms with E-state index in [0.29, 0.717) is 26.2 Å². The zero-order valence-corrected chi connectivity index (χ0v) is 14.5. The summed E-state index contributed by atoms with van der Waals surface area (Å²) in [5, 5.41) is 5.09. The quantitative estimate of drug-likeness (QED) is 0.877. The lowest BCUT2D eigenvalue weighted by atomic mass is 10.2. The molecule has 0 radical (unpaired) electrons. The van der Waals surface area contributed by atoms with Crippen molar-refractivity contribution in [3.8, 4) is 0 Å². The number of carbonyl (C=O) groups excluding carboxylic acids is 1. The van der Waals surface area contributed by atoms with Crippen molar-refractivity contribution in [1.82, 2.24) is 4.90 Å². The highest BCUT2D eigenvalue weighted by Gasteiger charge is 2.26. The number of benzene rings is 1. The highest BCUT2D eigenvalue weighted by atomic mass is 32.2. The van der Waals surface area contributed by atoms with Gasteiger partial charge >= 0.3 is 6.09 Å². The molecule has 0 aromatic heterocycles. The summed E-state index contributed by atoms with van der Waals surface area (Å²) in [4.78, 5) is 15.9. The van der Waals surface area contributed by atoms with E-state index in [2.05, 4.69) is 4.90 Å². The number of hydrogen-bond acceptors (Lipinski definition) is 5. The van der Waals surface area contributed by atoms with Crippen LogP contribution in [0.3, 0.4) is 0 Å². The van der Waals surface area contributed by atoms with E-state index in [0.717, 1.165) is 5.69 Å².